The maximum atomic E-state index is 12.5. The van der Waals surface area contributed by atoms with Gasteiger partial charge in [0, 0.05) is 11.9 Å². The molecule has 6 nitrogen and oxygen atoms in total. The number of nitrogens with one attached hydrogen (secondary N) is 2. The van der Waals surface area contributed by atoms with Gasteiger partial charge in [-0.15, -0.1) is 0 Å². The average molecular weight is 362 g/mol. The number of benzene rings is 2. The van der Waals surface area contributed by atoms with E-state index >= 15 is 0 Å². The highest BCUT2D eigenvalue weighted by Crippen LogP contribution is 2.26. The molecule has 0 aliphatic heterocycles. The molecule has 3 rings (SSSR count). The van der Waals surface area contributed by atoms with Crippen molar-refractivity contribution in [3.8, 4) is 5.75 Å². The third-order valence-corrected chi connectivity index (χ3v) is 4.09. The first-order valence-corrected chi connectivity index (χ1v) is 8.77. The minimum Gasteiger partial charge on any atom is -0.492 e. The van der Waals surface area contributed by atoms with Crippen molar-refractivity contribution in [2.75, 3.05) is 17.2 Å². The molecule has 27 heavy (non-hydrogen) atoms. The molecule has 0 radical (unpaired) electrons. The van der Waals surface area contributed by atoms with Crippen molar-refractivity contribution in [3.63, 3.8) is 0 Å². The molecule has 0 saturated heterocycles. The number of rotatable bonds is 6. The molecule has 1 amide bonds. The molecule has 2 aromatic carbocycles. The monoisotopic (exact) mass is 362 g/mol. The number of carbonyl (C=O) groups excluding carboxylic acids is 1. The van der Waals surface area contributed by atoms with Crippen molar-refractivity contribution in [2.24, 2.45) is 0 Å². The molecule has 2 N–H and O–H groups in total. The number of aryl methyl sites for hydroxylation is 2. The Bertz CT molecular complexity index is 956. The fourth-order valence-corrected chi connectivity index (χ4v) is 2.53. The van der Waals surface area contributed by atoms with E-state index in [1.807, 2.05) is 63.2 Å². The Hall–Kier alpha value is -3.41. The van der Waals surface area contributed by atoms with Crippen LogP contribution >= 0.6 is 0 Å². The first-order valence-electron chi connectivity index (χ1n) is 8.77. The highest BCUT2D eigenvalue weighted by molar-refractivity contribution is 6.03. The van der Waals surface area contributed by atoms with Gasteiger partial charge in [0.15, 0.2) is 0 Å². The number of carbonyl (C=O) groups is 1. The number of hydrogen-bond acceptors (Lipinski definition) is 5. The van der Waals surface area contributed by atoms with E-state index in [0.29, 0.717) is 18.3 Å². The summed E-state index contributed by atoms with van der Waals surface area (Å²) in [6, 6.07) is 14.9. The van der Waals surface area contributed by atoms with E-state index in [1.165, 1.54) is 5.56 Å². The van der Waals surface area contributed by atoms with Gasteiger partial charge in [-0.05, 0) is 62.2 Å². The van der Waals surface area contributed by atoms with Gasteiger partial charge in [0.2, 0.25) is 5.95 Å². The van der Waals surface area contributed by atoms with E-state index in [1.54, 1.807) is 12.3 Å². The van der Waals surface area contributed by atoms with Crippen LogP contribution in [0.25, 0.3) is 0 Å². The van der Waals surface area contributed by atoms with Crippen molar-refractivity contribution >= 4 is 23.2 Å². The molecule has 0 unspecified atom stereocenters. The third-order valence-electron chi connectivity index (χ3n) is 4.09. The lowest BCUT2D eigenvalue weighted by Crippen LogP contribution is -2.15. The molecule has 0 saturated carbocycles. The summed E-state index contributed by atoms with van der Waals surface area (Å²) >= 11 is 0. The van der Waals surface area contributed by atoms with Crippen LogP contribution in [0.5, 0.6) is 5.75 Å². The van der Waals surface area contributed by atoms with Crippen LogP contribution in [0.15, 0.2) is 54.7 Å². The minimum atomic E-state index is -0.290. The zero-order valence-corrected chi connectivity index (χ0v) is 15.6. The maximum Gasteiger partial charge on any atom is 0.274 e. The van der Waals surface area contributed by atoms with E-state index < -0.39 is 0 Å². The molecule has 0 spiro atoms. The van der Waals surface area contributed by atoms with Gasteiger partial charge in [-0.1, -0.05) is 18.2 Å². The predicted molar refractivity (Wildman–Crippen MR) is 107 cm³/mol. The molecule has 0 aliphatic carbocycles. The van der Waals surface area contributed by atoms with Gasteiger partial charge in [-0.2, -0.15) is 0 Å². The smallest absolute Gasteiger partial charge is 0.274 e. The van der Waals surface area contributed by atoms with Gasteiger partial charge in [0.1, 0.15) is 11.4 Å². The second-order valence-electron chi connectivity index (χ2n) is 6.07. The molecule has 0 fully saturated rings. The summed E-state index contributed by atoms with van der Waals surface area (Å²) in [6.45, 7) is 6.51. The summed E-state index contributed by atoms with van der Waals surface area (Å²) in [7, 11) is 0. The van der Waals surface area contributed by atoms with Crippen LogP contribution in [-0.2, 0) is 0 Å². The number of hydrogen-bond donors (Lipinski definition) is 2. The van der Waals surface area contributed by atoms with E-state index in [0.717, 1.165) is 16.9 Å². The lowest BCUT2D eigenvalue weighted by molar-refractivity contribution is 0.102. The van der Waals surface area contributed by atoms with E-state index in [4.69, 9.17) is 4.74 Å². The largest absolute Gasteiger partial charge is 0.492 e. The molecule has 3 aromatic rings. The Kier molecular flexibility index (Phi) is 5.66. The number of amides is 1. The lowest BCUT2D eigenvalue weighted by atomic mass is 10.1. The van der Waals surface area contributed by atoms with Gasteiger partial charge in [-0.3, -0.25) is 4.79 Å². The van der Waals surface area contributed by atoms with Gasteiger partial charge in [-0.25, -0.2) is 9.97 Å². The fourth-order valence-electron chi connectivity index (χ4n) is 2.53. The molecular formula is C21H22N4O2. The van der Waals surface area contributed by atoms with Crippen LogP contribution in [0.2, 0.25) is 0 Å². The average Bonchev–Trinajstić information content (AvgIpc) is 2.67. The first-order chi connectivity index (χ1) is 13.1. The number of anilines is 3. The van der Waals surface area contributed by atoms with Crippen molar-refractivity contribution in [3.05, 3.63) is 71.5 Å². The second kappa shape index (κ2) is 8.31. The fraction of sp³-hybridized carbons (Fsp3) is 0.190. The van der Waals surface area contributed by atoms with Crippen LogP contribution in [0, 0.1) is 13.8 Å². The zero-order chi connectivity index (χ0) is 19.2. The Morgan fingerprint density at radius 2 is 1.89 bits per heavy atom. The summed E-state index contributed by atoms with van der Waals surface area (Å²) in [4.78, 5) is 21.0. The standard InChI is InChI=1S/C21H22N4O2/c1-4-27-19-8-6-5-7-17(19)24-21-22-12-11-18(25-21)20(26)23-16-10-9-14(2)15(3)13-16/h5-13H,4H2,1-3H3,(H,23,26)(H,22,24,25). The highest BCUT2D eigenvalue weighted by atomic mass is 16.5. The number of para-hydroxylation sites is 2. The molecule has 0 bridgehead atoms. The van der Waals surface area contributed by atoms with E-state index in [-0.39, 0.29) is 11.6 Å². The molecule has 6 heteroatoms. The Morgan fingerprint density at radius 1 is 1.07 bits per heavy atom. The summed E-state index contributed by atoms with van der Waals surface area (Å²) in [5, 5.41) is 5.97. The maximum absolute atomic E-state index is 12.5. The lowest BCUT2D eigenvalue weighted by Gasteiger charge is -2.11. The SMILES string of the molecule is CCOc1ccccc1Nc1nccc(C(=O)Nc2ccc(C)c(C)c2)n1. The van der Waals surface area contributed by atoms with Crippen molar-refractivity contribution < 1.29 is 9.53 Å². The summed E-state index contributed by atoms with van der Waals surface area (Å²) in [5.74, 6) is 0.741. The number of nitrogens with zero attached hydrogens (tertiary/aromatic N) is 2. The zero-order valence-electron chi connectivity index (χ0n) is 15.6. The molecule has 0 atom stereocenters. The summed E-state index contributed by atoms with van der Waals surface area (Å²) in [5.41, 5.74) is 4.04. The summed E-state index contributed by atoms with van der Waals surface area (Å²) < 4.78 is 5.59. The van der Waals surface area contributed by atoms with Crippen LogP contribution in [0.1, 0.15) is 28.5 Å². The van der Waals surface area contributed by atoms with Gasteiger partial charge < -0.3 is 15.4 Å². The molecular weight excluding hydrogens is 340 g/mol. The molecule has 0 aliphatic rings. The Morgan fingerprint density at radius 3 is 2.67 bits per heavy atom. The van der Waals surface area contributed by atoms with Gasteiger partial charge >= 0.3 is 0 Å². The molecule has 1 aromatic heterocycles. The Balaban J connectivity index is 1.77. The second-order valence-corrected chi connectivity index (χ2v) is 6.07. The van der Waals surface area contributed by atoms with E-state index in [2.05, 4.69) is 20.6 Å². The van der Waals surface area contributed by atoms with Crippen molar-refractivity contribution in [1.29, 1.82) is 0 Å². The minimum absolute atomic E-state index is 0.277. The predicted octanol–water partition coefficient (Wildman–Crippen LogP) is 4.49. The first kappa shape index (κ1) is 18.4. The number of ether oxygens (including phenoxy) is 1. The van der Waals surface area contributed by atoms with Crippen LogP contribution < -0.4 is 15.4 Å². The van der Waals surface area contributed by atoms with E-state index in [9.17, 15) is 4.79 Å². The molecule has 138 valence electrons. The van der Waals surface area contributed by atoms with Crippen molar-refractivity contribution in [2.45, 2.75) is 20.8 Å². The van der Waals surface area contributed by atoms with Gasteiger partial charge in [0.05, 0.1) is 12.3 Å². The van der Waals surface area contributed by atoms with Gasteiger partial charge in [0.25, 0.3) is 5.91 Å². The molecule has 1 heterocycles. The van der Waals surface area contributed by atoms with Crippen LogP contribution in [0.4, 0.5) is 17.3 Å². The quantitative estimate of drug-likeness (QED) is 0.676. The third kappa shape index (κ3) is 4.61. The normalized spacial score (nSPS) is 10.3. The van der Waals surface area contributed by atoms with Crippen LogP contribution in [-0.4, -0.2) is 22.5 Å². The Labute approximate surface area is 158 Å². The highest BCUT2D eigenvalue weighted by Gasteiger charge is 2.11. The topological polar surface area (TPSA) is 76.1 Å². The summed E-state index contributed by atoms with van der Waals surface area (Å²) in [6.07, 6.45) is 1.55. The van der Waals surface area contributed by atoms with Crippen molar-refractivity contribution in [1.82, 2.24) is 9.97 Å². The number of aromatic nitrogens is 2. The van der Waals surface area contributed by atoms with Crippen LogP contribution in [0.3, 0.4) is 0 Å².